The maximum atomic E-state index is 11.8. The van der Waals surface area contributed by atoms with Gasteiger partial charge in [0.25, 0.3) is 5.91 Å². The molecule has 1 rings (SSSR count). The second-order valence-corrected chi connectivity index (χ2v) is 7.10. The van der Waals surface area contributed by atoms with E-state index in [1.165, 1.54) is 0 Å². The minimum atomic E-state index is -3.51. The highest BCUT2D eigenvalue weighted by Gasteiger charge is 2.29. The molecule has 0 spiro atoms. The lowest BCUT2D eigenvalue weighted by Gasteiger charge is -2.28. The number of carbonyl (C=O) groups is 1. The van der Waals surface area contributed by atoms with Gasteiger partial charge < -0.3 is 5.32 Å². The minimum Gasteiger partial charge on any atom is -0.306 e. The van der Waals surface area contributed by atoms with E-state index in [1.807, 2.05) is 0 Å². The molecule has 1 saturated heterocycles. The number of nitrogens with one attached hydrogen (secondary N) is 2. The van der Waals surface area contributed by atoms with Gasteiger partial charge in [0.05, 0.1) is 11.3 Å². The summed E-state index contributed by atoms with van der Waals surface area (Å²) < 4.78 is 25.3. The van der Waals surface area contributed by atoms with E-state index in [1.54, 1.807) is 13.8 Å². The first-order valence-electron chi connectivity index (χ1n) is 6.15. The van der Waals surface area contributed by atoms with E-state index in [9.17, 15) is 13.2 Å². The topological polar surface area (TPSA) is 75.3 Å². The zero-order valence-electron chi connectivity index (χ0n) is 10.7. The largest absolute Gasteiger partial charge is 0.306 e. The van der Waals surface area contributed by atoms with Crippen molar-refractivity contribution in [1.29, 1.82) is 0 Å². The average molecular weight is 262 g/mol. The van der Waals surface area contributed by atoms with E-state index in [0.29, 0.717) is 5.92 Å². The van der Waals surface area contributed by atoms with Crippen LogP contribution >= 0.6 is 0 Å². The molecule has 100 valence electrons. The third-order valence-corrected chi connectivity index (χ3v) is 5.00. The molecule has 6 heteroatoms. The highest BCUT2D eigenvalue weighted by atomic mass is 32.2. The van der Waals surface area contributed by atoms with Crippen molar-refractivity contribution in [2.24, 2.45) is 5.92 Å². The van der Waals surface area contributed by atoms with Crippen molar-refractivity contribution in [1.82, 2.24) is 10.0 Å². The van der Waals surface area contributed by atoms with Gasteiger partial charge in [0, 0.05) is 0 Å². The van der Waals surface area contributed by atoms with Crippen molar-refractivity contribution in [2.45, 2.75) is 51.3 Å². The number of hydrogen-bond donors (Lipinski definition) is 2. The van der Waals surface area contributed by atoms with Gasteiger partial charge in [-0.25, -0.2) is 8.42 Å². The van der Waals surface area contributed by atoms with Crippen LogP contribution in [0.5, 0.6) is 0 Å². The first-order valence-corrected chi connectivity index (χ1v) is 7.70. The Labute approximate surface area is 103 Å². The summed E-state index contributed by atoms with van der Waals surface area (Å²) in [6, 6.07) is -0.373. The summed E-state index contributed by atoms with van der Waals surface area (Å²) in [6.45, 7) is 5.98. The van der Waals surface area contributed by atoms with Crippen LogP contribution < -0.4 is 10.0 Å². The molecule has 0 aromatic heterocycles. The summed E-state index contributed by atoms with van der Waals surface area (Å²) in [7, 11) is -3.51. The van der Waals surface area contributed by atoms with Crippen LogP contribution in [0.3, 0.4) is 0 Å². The van der Waals surface area contributed by atoms with Gasteiger partial charge in [0.15, 0.2) is 0 Å². The Morgan fingerprint density at radius 1 is 1.47 bits per heavy atom. The molecule has 1 aliphatic rings. The molecule has 17 heavy (non-hydrogen) atoms. The lowest BCUT2D eigenvalue weighted by Crippen LogP contribution is -2.51. The quantitative estimate of drug-likeness (QED) is 0.779. The summed E-state index contributed by atoms with van der Waals surface area (Å²) >= 11 is 0. The fourth-order valence-electron chi connectivity index (χ4n) is 1.90. The third-order valence-electron chi connectivity index (χ3n) is 3.27. The first-order chi connectivity index (χ1) is 7.86. The summed E-state index contributed by atoms with van der Waals surface area (Å²) in [5, 5.41) is 2.48. The Kier molecular flexibility index (Phi) is 4.94. The van der Waals surface area contributed by atoms with Crippen LogP contribution in [0.4, 0.5) is 0 Å². The molecule has 2 unspecified atom stereocenters. The van der Waals surface area contributed by atoms with E-state index in [-0.39, 0.29) is 6.04 Å². The van der Waals surface area contributed by atoms with E-state index in [2.05, 4.69) is 17.0 Å². The van der Waals surface area contributed by atoms with Gasteiger partial charge in [0.2, 0.25) is 10.0 Å². The van der Waals surface area contributed by atoms with Crippen LogP contribution in [0.2, 0.25) is 0 Å². The first kappa shape index (κ1) is 14.4. The van der Waals surface area contributed by atoms with Crippen LogP contribution in [-0.4, -0.2) is 32.2 Å². The molecular formula is C11H22N2O3S. The van der Waals surface area contributed by atoms with E-state index < -0.39 is 21.2 Å². The summed E-state index contributed by atoms with van der Waals surface area (Å²) in [5.74, 6) is 0.0885. The molecule has 1 fully saturated rings. The van der Waals surface area contributed by atoms with Gasteiger partial charge in [-0.15, -0.1) is 0 Å². The molecule has 0 aliphatic carbocycles. The van der Waals surface area contributed by atoms with Crippen LogP contribution in [0.1, 0.15) is 40.0 Å². The molecule has 1 heterocycles. The number of carbonyl (C=O) groups excluding carboxylic acids is 1. The molecule has 0 aromatic carbocycles. The zero-order chi connectivity index (χ0) is 13.1. The molecule has 5 nitrogen and oxygen atoms in total. The molecule has 0 aromatic rings. The van der Waals surface area contributed by atoms with Crippen LogP contribution in [0.25, 0.3) is 0 Å². The second-order valence-electron chi connectivity index (χ2n) is 4.87. The molecule has 0 saturated carbocycles. The lowest BCUT2D eigenvalue weighted by molar-refractivity contribution is -0.122. The van der Waals surface area contributed by atoms with Crippen molar-refractivity contribution < 1.29 is 13.2 Å². The molecular weight excluding hydrogens is 240 g/mol. The minimum absolute atomic E-state index is 0.373. The third kappa shape index (κ3) is 3.96. The highest BCUT2D eigenvalue weighted by Crippen LogP contribution is 2.19. The standard InChI is InChI=1S/C11H22N2O3S/c1-4-9-5-6-12-10(7-9)11(14)13-17(15,16)8(2)3/h8-10,12H,4-7H2,1-3H3,(H,13,14). The van der Waals surface area contributed by atoms with Crippen LogP contribution in [-0.2, 0) is 14.8 Å². The average Bonchev–Trinajstić information content (AvgIpc) is 2.28. The number of piperidine rings is 1. The van der Waals surface area contributed by atoms with Gasteiger partial charge in [-0.3, -0.25) is 9.52 Å². The second kappa shape index (κ2) is 5.82. The van der Waals surface area contributed by atoms with E-state index >= 15 is 0 Å². The van der Waals surface area contributed by atoms with E-state index in [0.717, 1.165) is 25.8 Å². The van der Waals surface area contributed by atoms with Crippen LogP contribution in [0, 0.1) is 5.92 Å². The molecule has 0 bridgehead atoms. The Morgan fingerprint density at radius 3 is 2.65 bits per heavy atom. The van der Waals surface area contributed by atoms with Gasteiger partial charge in [-0.05, 0) is 39.2 Å². The van der Waals surface area contributed by atoms with Crippen molar-refractivity contribution in [2.75, 3.05) is 6.54 Å². The van der Waals surface area contributed by atoms with Crippen molar-refractivity contribution in [3.05, 3.63) is 0 Å². The SMILES string of the molecule is CCC1CCNC(C(=O)NS(=O)(=O)C(C)C)C1. The monoisotopic (exact) mass is 262 g/mol. The van der Waals surface area contributed by atoms with Gasteiger partial charge >= 0.3 is 0 Å². The molecule has 1 amide bonds. The molecule has 0 radical (unpaired) electrons. The van der Waals surface area contributed by atoms with Crippen molar-refractivity contribution in [3.8, 4) is 0 Å². The molecule has 1 aliphatic heterocycles. The predicted molar refractivity (Wildman–Crippen MR) is 67.0 cm³/mol. The summed E-state index contributed by atoms with van der Waals surface area (Å²) in [5.41, 5.74) is 0. The van der Waals surface area contributed by atoms with Gasteiger partial charge in [-0.2, -0.15) is 0 Å². The maximum absolute atomic E-state index is 11.8. The summed E-state index contributed by atoms with van der Waals surface area (Å²) in [6.07, 6.45) is 2.80. The lowest BCUT2D eigenvalue weighted by atomic mass is 9.90. The normalized spacial score (nSPS) is 25.9. The number of hydrogen-bond acceptors (Lipinski definition) is 4. The Hall–Kier alpha value is -0.620. The maximum Gasteiger partial charge on any atom is 0.250 e. The molecule has 2 atom stereocenters. The smallest absolute Gasteiger partial charge is 0.250 e. The zero-order valence-corrected chi connectivity index (χ0v) is 11.5. The van der Waals surface area contributed by atoms with Crippen LogP contribution in [0.15, 0.2) is 0 Å². The van der Waals surface area contributed by atoms with Crippen molar-refractivity contribution in [3.63, 3.8) is 0 Å². The fourth-order valence-corrected chi connectivity index (χ4v) is 2.55. The van der Waals surface area contributed by atoms with Gasteiger partial charge in [-0.1, -0.05) is 13.3 Å². The summed E-state index contributed by atoms with van der Waals surface area (Å²) in [4.78, 5) is 11.8. The molecule has 2 N–H and O–H groups in total. The number of amides is 1. The Balaban J connectivity index is 2.59. The van der Waals surface area contributed by atoms with E-state index in [4.69, 9.17) is 0 Å². The highest BCUT2D eigenvalue weighted by molar-refractivity contribution is 7.90. The van der Waals surface area contributed by atoms with Gasteiger partial charge in [0.1, 0.15) is 0 Å². The Morgan fingerprint density at radius 2 is 2.12 bits per heavy atom. The Bertz CT molecular complexity index is 365. The number of rotatable bonds is 4. The van der Waals surface area contributed by atoms with Crippen molar-refractivity contribution >= 4 is 15.9 Å². The predicted octanol–water partition coefficient (Wildman–Crippen LogP) is 0.619. The number of sulfonamides is 1. The fraction of sp³-hybridized carbons (Fsp3) is 0.909.